The van der Waals surface area contributed by atoms with Gasteiger partial charge in [0.05, 0.1) is 0 Å². The summed E-state index contributed by atoms with van der Waals surface area (Å²) in [5.41, 5.74) is 13.0. The Morgan fingerprint density at radius 2 is 1.75 bits per heavy atom. The Kier molecular flexibility index (Phi) is 3.22. The van der Waals surface area contributed by atoms with Gasteiger partial charge in [0, 0.05) is 6.04 Å². The molecule has 2 aromatic rings. The fraction of sp³-hybridized carbons (Fsp3) is 0.286. The second-order valence-electron chi connectivity index (χ2n) is 4.35. The third-order valence-electron chi connectivity index (χ3n) is 3.14. The fourth-order valence-corrected chi connectivity index (χ4v) is 1.89. The topological polar surface area (TPSA) is 52.0 Å². The van der Waals surface area contributed by atoms with Crippen molar-refractivity contribution in [1.29, 1.82) is 0 Å². The van der Waals surface area contributed by atoms with Gasteiger partial charge in [-0.15, -0.1) is 0 Å². The van der Waals surface area contributed by atoms with Crippen LogP contribution in [0, 0.1) is 5.92 Å². The van der Waals surface area contributed by atoms with Crippen molar-refractivity contribution in [2.75, 3.05) is 6.54 Å². The van der Waals surface area contributed by atoms with Gasteiger partial charge in [0.1, 0.15) is 0 Å². The third kappa shape index (κ3) is 2.08. The summed E-state index contributed by atoms with van der Waals surface area (Å²) in [5.74, 6) is 0.307. The summed E-state index contributed by atoms with van der Waals surface area (Å²) in [6.07, 6.45) is 0. The second-order valence-corrected chi connectivity index (χ2v) is 4.35. The van der Waals surface area contributed by atoms with Gasteiger partial charge in [-0.05, 0) is 34.9 Å². The van der Waals surface area contributed by atoms with Gasteiger partial charge in [0.25, 0.3) is 0 Å². The SMILES string of the molecule is CC(CN)C(N)c1ccc2ccccc2c1. The Morgan fingerprint density at radius 3 is 2.44 bits per heavy atom. The number of nitrogens with two attached hydrogens (primary N) is 2. The van der Waals surface area contributed by atoms with Crippen LogP contribution in [0.4, 0.5) is 0 Å². The molecule has 2 aromatic carbocycles. The maximum atomic E-state index is 6.16. The first-order valence-corrected chi connectivity index (χ1v) is 5.66. The first-order valence-electron chi connectivity index (χ1n) is 5.66. The van der Waals surface area contributed by atoms with Gasteiger partial charge in [0.2, 0.25) is 0 Å². The molecular formula is C14H18N2. The van der Waals surface area contributed by atoms with Crippen molar-refractivity contribution in [2.24, 2.45) is 17.4 Å². The summed E-state index contributed by atoms with van der Waals surface area (Å²) in [6.45, 7) is 2.70. The van der Waals surface area contributed by atoms with Crippen molar-refractivity contribution in [2.45, 2.75) is 13.0 Å². The quantitative estimate of drug-likeness (QED) is 0.824. The summed E-state index contributed by atoms with van der Waals surface area (Å²) >= 11 is 0. The zero-order valence-electron chi connectivity index (χ0n) is 9.56. The molecule has 2 atom stereocenters. The van der Waals surface area contributed by atoms with E-state index in [2.05, 4.69) is 37.3 Å². The molecule has 0 aliphatic carbocycles. The van der Waals surface area contributed by atoms with Crippen LogP contribution in [0.1, 0.15) is 18.5 Å². The van der Waals surface area contributed by atoms with E-state index in [0.29, 0.717) is 12.5 Å². The molecule has 16 heavy (non-hydrogen) atoms. The Bertz CT molecular complexity index is 479. The van der Waals surface area contributed by atoms with Crippen molar-refractivity contribution >= 4 is 10.8 Å². The Morgan fingerprint density at radius 1 is 1.06 bits per heavy atom. The molecule has 0 aromatic heterocycles. The zero-order valence-corrected chi connectivity index (χ0v) is 9.56. The van der Waals surface area contributed by atoms with Crippen molar-refractivity contribution in [3.8, 4) is 0 Å². The molecule has 0 saturated carbocycles. The number of hydrogen-bond acceptors (Lipinski definition) is 2. The Balaban J connectivity index is 2.39. The molecule has 2 rings (SSSR count). The van der Waals surface area contributed by atoms with E-state index in [1.807, 2.05) is 12.1 Å². The number of fused-ring (bicyclic) bond motifs is 1. The van der Waals surface area contributed by atoms with Crippen LogP contribution >= 0.6 is 0 Å². The van der Waals surface area contributed by atoms with E-state index in [9.17, 15) is 0 Å². The molecule has 0 fully saturated rings. The van der Waals surface area contributed by atoms with Gasteiger partial charge >= 0.3 is 0 Å². The van der Waals surface area contributed by atoms with Crippen LogP contribution in [-0.4, -0.2) is 6.54 Å². The van der Waals surface area contributed by atoms with E-state index in [0.717, 1.165) is 5.56 Å². The number of hydrogen-bond donors (Lipinski definition) is 2. The van der Waals surface area contributed by atoms with Crippen LogP contribution in [0.15, 0.2) is 42.5 Å². The molecule has 0 spiro atoms. The van der Waals surface area contributed by atoms with E-state index < -0.39 is 0 Å². The highest BCUT2D eigenvalue weighted by molar-refractivity contribution is 5.83. The molecule has 2 unspecified atom stereocenters. The molecular weight excluding hydrogens is 196 g/mol. The van der Waals surface area contributed by atoms with Gasteiger partial charge < -0.3 is 11.5 Å². The van der Waals surface area contributed by atoms with Gasteiger partial charge in [-0.25, -0.2) is 0 Å². The minimum Gasteiger partial charge on any atom is -0.330 e. The van der Waals surface area contributed by atoms with E-state index in [-0.39, 0.29) is 6.04 Å². The molecule has 0 radical (unpaired) electrons. The highest BCUT2D eigenvalue weighted by atomic mass is 14.7. The van der Waals surface area contributed by atoms with Crippen LogP contribution in [0.5, 0.6) is 0 Å². The van der Waals surface area contributed by atoms with Gasteiger partial charge in [-0.2, -0.15) is 0 Å². The van der Waals surface area contributed by atoms with E-state index in [1.165, 1.54) is 10.8 Å². The average Bonchev–Trinajstić information content (AvgIpc) is 2.36. The summed E-state index contributed by atoms with van der Waals surface area (Å²) in [4.78, 5) is 0. The smallest absolute Gasteiger partial charge is 0.0333 e. The fourth-order valence-electron chi connectivity index (χ4n) is 1.89. The predicted molar refractivity (Wildman–Crippen MR) is 69.1 cm³/mol. The summed E-state index contributed by atoms with van der Waals surface area (Å²) in [5, 5.41) is 2.48. The molecule has 84 valence electrons. The van der Waals surface area contributed by atoms with Gasteiger partial charge in [-0.3, -0.25) is 0 Å². The third-order valence-corrected chi connectivity index (χ3v) is 3.14. The minimum atomic E-state index is 0.0228. The van der Waals surface area contributed by atoms with Crippen LogP contribution in [0.25, 0.3) is 10.8 Å². The van der Waals surface area contributed by atoms with E-state index in [4.69, 9.17) is 11.5 Å². The van der Waals surface area contributed by atoms with Crippen molar-refractivity contribution in [3.05, 3.63) is 48.0 Å². The summed E-state index contributed by atoms with van der Waals surface area (Å²) in [7, 11) is 0. The molecule has 0 aliphatic rings. The van der Waals surface area contributed by atoms with Crippen molar-refractivity contribution < 1.29 is 0 Å². The predicted octanol–water partition coefficient (Wildman–Crippen LogP) is 2.43. The first-order chi connectivity index (χ1) is 7.72. The number of rotatable bonds is 3. The lowest BCUT2D eigenvalue weighted by Crippen LogP contribution is -2.25. The molecule has 0 heterocycles. The van der Waals surface area contributed by atoms with E-state index >= 15 is 0 Å². The molecule has 0 saturated heterocycles. The lowest BCUT2D eigenvalue weighted by Gasteiger charge is -2.18. The maximum Gasteiger partial charge on any atom is 0.0333 e. The molecule has 2 nitrogen and oxygen atoms in total. The minimum absolute atomic E-state index is 0.0228. The summed E-state index contributed by atoms with van der Waals surface area (Å²) in [6, 6.07) is 14.7. The average molecular weight is 214 g/mol. The van der Waals surface area contributed by atoms with E-state index in [1.54, 1.807) is 0 Å². The molecule has 2 heteroatoms. The highest BCUT2D eigenvalue weighted by Crippen LogP contribution is 2.23. The molecule has 0 aliphatic heterocycles. The van der Waals surface area contributed by atoms with Gasteiger partial charge in [-0.1, -0.05) is 43.3 Å². The van der Waals surface area contributed by atoms with Crippen LogP contribution in [0.3, 0.4) is 0 Å². The van der Waals surface area contributed by atoms with Crippen molar-refractivity contribution in [1.82, 2.24) is 0 Å². The van der Waals surface area contributed by atoms with Crippen LogP contribution in [0.2, 0.25) is 0 Å². The van der Waals surface area contributed by atoms with Crippen molar-refractivity contribution in [3.63, 3.8) is 0 Å². The summed E-state index contributed by atoms with van der Waals surface area (Å²) < 4.78 is 0. The van der Waals surface area contributed by atoms with Crippen LogP contribution in [-0.2, 0) is 0 Å². The lowest BCUT2D eigenvalue weighted by molar-refractivity contribution is 0.481. The second kappa shape index (κ2) is 4.64. The standard InChI is InChI=1S/C14H18N2/c1-10(9-15)14(16)13-7-6-11-4-2-3-5-12(11)8-13/h2-8,10,14H,9,15-16H2,1H3. The Hall–Kier alpha value is -1.38. The molecule has 0 bridgehead atoms. The first kappa shape index (κ1) is 11.1. The number of benzene rings is 2. The molecule has 0 amide bonds. The zero-order chi connectivity index (χ0) is 11.5. The van der Waals surface area contributed by atoms with Crippen LogP contribution < -0.4 is 11.5 Å². The molecule has 4 N–H and O–H groups in total. The maximum absolute atomic E-state index is 6.16. The normalized spacial score (nSPS) is 14.9. The Labute approximate surface area is 96.3 Å². The largest absolute Gasteiger partial charge is 0.330 e. The van der Waals surface area contributed by atoms with Gasteiger partial charge in [0.15, 0.2) is 0 Å². The highest BCUT2D eigenvalue weighted by Gasteiger charge is 2.13. The lowest BCUT2D eigenvalue weighted by atomic mass is 9.94. The monoisotopic (exact) mass is 214 g/mol.